The molecule has 166 valence electrons. The Balaban J connectivity index is 2.02. The third-order valence-electron chi connectivity index (χ3n) is 4.77. The molecule has 1 saturated heterocycles. The first-order valence-electron chi connectivity index (χ1n) is 10.7. The summed E-state index contributed by atoms with van der Waals surface area (Å²) in [5.41, 5.74) is 0.157. The van der Waals surface area contributed by atoms with E-state index in [2.05, 4.69) is 5.32 Å². The number of likely N-dealkylation sites (tertiary alicyclic amines) is 1. The van der Waals surface area contributed by atoms with Gasteiger partial charge in [-0.05, 0) is 39.2 Å². The van der Waals surface area contributed by atoms with Gasteiger partial charge in [0.15, 0.2) is 0 Å². The third kappa shape index (κ3) is 8.84. The number of nitrogens with zero attached hydrogens (tertiary/aromatic N) is 1. The first kappa shape index (κ1) is 23.7. The first-order chi connectivity index (χ1) is 14.2. The number of esters is 1. The minimum Gasteiger partial charge on any atom is -0.461 e. The maximum atomic E-state index is 13.1. The van der Waals surface area contributed by atoms with Crippen molar-refractivity contribution in [2.45, 2.75) is 77.5 Å². The van der Waals surface area contributed by atoms with Gasteiger partial charge in [0.05, 0.1) is 6.42 Å². The molecule has 0 saturated carbocycles. The van der Waals surface area contributed by atoms with E-state index in [-0.39, 0.29) is 18.9 Å². The maximum absolute atomic E-state index is 13.1. The highest BCUT2D eigenvalue weighted by molar-refractivity contribution is 5.89. The van der Waals surface area contributed by atoms with Crippen molar-refractivity contribution in [3.63, 3.8) is 0 Å². The fraction of sp³-hybridized carbons (Fsp3) is 0.609. The first-order valence-corrected chi connectivity index (χ1v) is 10.7. The Morgan fingerprint density at radius 3 is 2.20 bits per heavy atom. The zero-order valence-corrected chi connectivity index (χ0v) is 18.3. The van der Waals surface area contributed by atoms with Crippen LogP contribution in [0.25, 0.3) is 0 Å². The summed E-state index contributed by atoms with van der Waals surface area (Å²) in [6.07, 6.45) is 4.21. The van der Waals surface area contributed by atoms with Crippen LogP contribution in [0.2, 0.25) is 0 Å². The second kappa shape index (κ2) is 11.6. The van der Waals surface area contributed by atoms with E-state index in [0.29, 0.717) is 13.1 Å². The predicted molar refractivity (Wildman–Crippen MR) is 114 cm³/mol. The molecule has 7 heteroatoms. The van der Waals surface area contributed by atoms with Gasteiger partial charge in [-0.3, -0.25) is 9.59 Å². The second-order valence-electron chi connectivity index (χ2n) is 8.64. The van der Waals surface area contributed by atoms with Gasteiger partial charge in [0.1, 0.15) is 18.2 Å². The van der Waals surface area contributed by atoms with Gasteiger partial charge in [-0.2, -0.15) is 0 Å². The fourth-order valence-electron chi connectivity index (χ4n) is 3.30. The predicted octanol–water partition coefficient (Wildman–Crippen LogP) is 3.81. The van der Waals surface area contributed by atoms with Crippen LogP contribution in [0.4, 0.5) is 4.79 Å². The molecule has 1 aromatic carbocycles. The summed E-state index contributed by atoms with van der Waals surface area (Å²) < 4.78 is 10.6. The normalized spacial score (nSPS) is 16.0. The van der Waals surface area contributed by atoms with Crippen LogP contribution in [-0.2, 0) is 25.7 Å². The van der Waals surface area contributed by atoms with E-state index in [0.717, 1.165) is 31.2 Å². The van der Waals surface area contributed by atoms with Gasteiger partial charge in [0.2, 0.25) is 5.91 Å². The summed E-state index contributed by atoms with van der Waals surface area (Å²) in [7, 11) is 0. The quantitative estimate of drug-likeness (QED) is 0.710. The Morgan fingerprint density at radius 1 is 1.00 bits per heavy atom. The van der Waals surface area contributed by atoms with Gasteiger partial charge >= 0.3 is 12.1 Å². The summed E-state index contributed by atoms with van der Waals surface area (Å²) in [6, 6.07) is 8.31. The highest BCUT2D eigenvalue weighted by Gasteiger charge is 2.30. The Labute approximate surface area is 179 Å². The summed E-state index contributed by atoms with van der Waals surface area (Å²) in [5, 5.41) is 2.58. The van der Waals surface area contributed by atoms with E-state index < -0.39 is 23.7 Å². The van der Waals surface area contributed by atoms with Crippen LogP contribution >= 0.6 is 0 Å². The van der Waals surface area contributed by atoms with Crippen molar-refractivity contribution in [3.8, 4) is 0 Å². The molecule has 1 heterocycles. The summed E-state index contributed by atoms with van der Waals surface area (Å²) in [4.78, 5) is 39.6. The Bertz CT molecular complexity index is 691. The topological polar surface area (TPSA) is 84.9 Å². The molecule has 1 fully saturated rings. The van der Waals surface area contributed by atoms with E-state index in [1.54, 1.807) is 25.7 Å². The second-order valence-corrected chi connectivity index (χ2v) is 8.64. The van der Waals surface area contributed by atoms with Crippen molar-refractivity contribution in [3.05, 3.63) is 35.9 Å². The van der Waals surface area contributed by atoms with Crippen LogP contribution in [0.1, 0.15) is 64.9 Å². The van der Waals surface area contributed by atoms with Crippen molar-refractivity contribution in [2.75, 3.05) is 13.1 Å². The van der Waals surface area contributed by atoms with E-state index >= 15 is 0 Å². The minimum atomic E-state index is -1.01. The fourth-order valence-corrected chi connectivity index (χ4v) is 3.30. The lowest BCUT2D eigenvalue weighted by molar-refractivity contribution is -0.148. The Hall–Kier alpha value is -2.57. The Morgan fingerprint density at radius 2 is 1.60 bits per heavy atom. The van der Waals surface area contributed by atoms with Crippen LogP contribution in [0.5, 0.6) is 0 Å². The van der Waals surface area contributed by atoms with Gasteiger partial charge in [-0.1, -0.05) is 49.6 Å². The molecule has 2 amide bonds. The zero-order chi connectivity index (χ0) is 22.0. The lowest BCUT2D eigenvalue weighted by Gasteiger charge is -2.29. The summed E-state index contributed by atoms with van der Waals surface area (Å²) in [6.45, 7) is 6.62. The van der Waals surface area contributed by atoms with Crippen LogP contribution in [0, 0.1) is 0 Å². The number of hydrogen-bond acceptors (Lipinski definition) is 5. The number of rotatable bonds is 6. The molecule has 0 spiro atoms. The van der Waals surface area contributed by atoms with Crippen molar-refractivity contribution in [1.29, 1.82) is 0 Å². The number of ether oxygens (including phenoxy) is 2. The van der Waals surface area contributed by atoms with Gasteiger partial charge in [-0.15, -0.1) is 0 Å². The van der Waals surface area contributed by atoms with Crippen LogP contribution < -0.4 is 5.32 Å². The summed E-state index contributed by atoms with van der Waals surface area (Å²) in [5.74, 6) is -0.806. The van der Waals surface area contributed by atoms with Crippen molar-refractivity contribution in [1.82, 2.24) is 10.2 Å². The number of carbonyl (C=O) groups is 3. The van der Waals surface area contributed by atoms with Crippen molar-refractivity contribution < 1.29 is 23.9 Å². The monoisotopic (exact) mass is 418 g/mol. The average Bonchev–Trinajstić information content (AvgIpc) is 2.64. The van der Waals surface area contributed by atoms with E-state index in [4.69, 9.17) is 9.47 Å². The average molecular weight is 419 g/mol. The largest absolute Gasteiger partial charge is 0.461 e. The van der Waals surface area contributed by atoms with E-state index in [1.165, 1.54) is 6.42 Å². The molecule has 1 aliphatic rings. The molecule has 30 heavy (non-hydrogen) atoms. The molecular weight excluding hydrogens is 384 g/mol. The molecule has 1 atom stereocenters. The highest BCUT2D eigenvalue weighted by atomic mass is 16.6. The molecule has 2 rings (SSSR count). The van der Waals surface area contributed by atoms with Gasteiger partial charge < -0.3 is 19.7 Å². The number of benzene rings is 1. The van der Waals surface area contributed by atoms with E-state index in [9.17, 15) is 14.4 Å². The molecule has 0 aromatic heterocycles. The minimum absolute atomic E-state index is 0.122. The molecule has 7 nitrogen and oxygen atoms in total. The number of amides is 2. The lowest BCUT2D eigenvalue weighted by atomic mass is 10.1. The van der Waals surface area contributed by atoms with Gasteiger partial charge in [0, 0.05) is 13.1 Å². The molecule has 0 bridgehead atoms. The maximum Gasteiger partial charge on any atom is 0.408 e. The molecular formula is C23H34N2O5. The van der Waals surface area contributed by atoms with Crippen LogP contribution in [-0.4, -0.2) is 47.6 Å². The lowest BCUT2D eigenvalue weighted by Crippen LogP contribution is -2.51. The third-order valence-corrected chi connectivity index (χ3v) is 4.77. The number of carbonyl (C=O) groups excluding carboxylic acids is 3. The molecule has 0 radical (unpaired) electrons. The van der Waals surface area contributed by atoms with Crippen LogP contribution in [0.15, 0.2) is 30.3 Å². The molecule has 0 unspecified atom stereocenters. The van der Waals surface area contributed by atoms with Crippen LogP contribution in [0.3, 0.4) is 0 Å². The van der Waals surface area contributed by atoms with Crippen molar-refractivity contribution in [2.24, 2.45) is 0 Å². The molecule has 1 aliphatic heterocycles. The highest BCUT2D eigenvalue weighted by Crippen LogP contribution is 2.14. The van der Waals surface area contributed by atoms with Gasteiger partial charge in [-0.25, -0.2) is 4.79 Å². The van der Waals surface area contributed by atoms with E-state index in [1.807, 2.05) is 30.3 Å². The standard InChI is InChI=1S/C23H34N2O5/c1-23(2,3)30-22(28)24-19(21(27)25-14-10-5-4-6-11-15-25)16-20(26)29-17-18-12-8-7-9-13-18/h7-9,12-13,19H,4-6,10-11,14-17H2,1-3H3,(H,24,28)/t19-/m0/s1. The number of hydrogen-bond donors (Lipinski definition) is 1. The van der Waals surface area contributed by atoms with Gasteiger partial charge in [0.25, 0.3) is 0 Å². The SMILES string of the molecule is CC(C)(C)OC(=O)N[C@@H](CC(=O)OCc1ccccc1)C(=O)N1CCCCCCC1. The molecule has 0 aliphatic carbocycles. The van der Waals surface area contributed by atoms with Crippen molar-refractivity contribution >= 4 is 18.0 Å². The number of alkyl carbamates (subject to hydrolysis) is 1. The summed E-state index contributed by atoms with van der Waals surface area (Å²) >= 11 is 0. The Kier molecular flexibility index (Phi) is 9.15. The molecule has 1 N–H and O–H groups in total. The number of nitrogens with one attached hydrogen (secondary N) is 1. The zero-order valence-electron chi connectivity index (χ0n) is 18.3. The smallest absolute Gasteiger partial charge is 0.408 e. The molecule has 1 aromatic rings.